The van der Waals surface area contributed by atoms with Gasteiger partial charge >= 0.3 is 17.9 Å². The van der Waals surface area contributed by atoms with Gasteiger partial charge in [-0.2, -0.15) is 0 Å². The first kappa shape index (κ1) is 59.5. The number of benzene rings is 5. The number of esters is 3. The summed E-state index contributed by atoms with van der Waals surface area (Å²) >= 11 is 0. The average molecular weight is 1070 g/mol. The van der Waals surface area contributed by atoms with Crippen molar-refractivity contribution >= 4 is 17.9 Å². The molecule has 0 N–H and O–H groups in total. The summed E-state index contributed by atoms with van der Waals surface area (Å²) in [6.45, 7) is 18.7. The van der Waals surface area contributed by atoms with Gasteiger partial charge < -0.3 is 23.7 Å². The highest BCUT2D eigenvalue weighted by atomic mass is 16.7. The normalized spacial score (nSPS) is 21.2. The van der Waals surface area contributed by atoms with Gasteiger partial charge in [-0.05, 0) is 157 Å². The van der Waals surface area contributed by atoms with Crippen LogP contribution in [0.15, 0.2) is 188 Å². The van der Waals surface area contributed by atoms with E-state index >= 15 is 0 Å². The SMILES string of the molecule is C=CC1CC(C=C=C=CC2CC(C=C)C(C(=O)OCOc3ccc(C(CC(CC(C)CC)c4ccccc4)c4ccccc4)cc3)C2)C(C(=O)OCOc2ccc(C(CC(C)CC)(CC(C)C(=O)OC)c3ccccc3)cc2)C1. The second kappa shape index (κ2) is 29.7. The Balaban J connectivity index is 0.919. The fraction of sp³-hybridized carbons (Fsp3) is 0.423. The van der Waals surface area contributed by atoms with Crippen molar-refractivity contribution in [2.75, 3.05) is 20.7 Å². The first-order valence-corrected chi connectivity index (χ1v) is 28.8. The molecule has 0 aromatic heterocycles. The fourth-order valence-electron chi connectivity index (χ4n) is 12.3. The summed E-state index contributed by atoms with van der Waals surface area (Å²) in [6.07, 6.45) is 16.1. The standard InChI is InChI=1S/C71H84O8/c1-9-50(5)40-60(56-25-16-13-17-26-56)45-65(57-27-18-14-19-28-57)58-32-36-63(37-33-58)76-48-78-69(73)66-44-54(42-55(66)12-4)24-22-23-29-59-41-53(11-3)43-67(59)70(74)79-49-77-64-38-34-62(35-39-64)71(46-51(6)10-2,47-52(7)68(72)75-8)61-30-20-15-21-31-61/h11-21,24-39,50-55,59-60,65-67H,3-4,9-10,40-49H2,1-2,5-8H3. The van der Waals surface area contributed by atoms with E-state index in [1.165, 1.54) is 23.8 Å². The van der Waals surface area contributed by atoms with Gasteiger partial charge in [0.25, 0.3) is 0 Å². The van der Waals surface area contributed by atoms with E-state index in [1.54, 1.807) is 0 Å². The van der Waals surface area contributed by atoms with Crippen LogP contribution in [0.4, 0.5) is 0 Å². The Morgan fingerprint density at radius 1 is 0.570 bits per heavy atom. The third-order valence-corrected chi connectivity index (χ3v) is 17.1. The van der Waals surface area contributed by atoms with E-state index in [-0.39, 0.29) is 78.8 Å². The van der Waals surface area contributed by atoms with E-state index in [0.29, 0.717) is 48.5 Å². The quantitative estimate of drug-likeness (QED) is 0.0161. The molecule has 2 fully saturated rings. The van der Waals surface area contributed by atoms with Crippen LogP contribution < -0.4 is 9.47 Å². The number of methoxy groups -OCH3 is 1. The molecule has 12 unspecified atom stereocenters. The first-order valence-electron chi connectivity index (χ1n) is 28.8. The zero-order chi connectivity index (χ0) is 56.2. The van der Waals surface area contributed by atoms with Crippen molar-refractivity contribution in [3.8, 4) is 11.5 Å². The predicted molar refractivity (Wildman–Crippen MR) is 315 cm³/mol. The summed E-state index contributed by atoms with van der Waals surface area (Å²) < 4.78 is 28.7. The van der Waals surface area contributed by atoms with Gasteiger partial charge in [-0.1, -0.05) is 186 Å². The van der Waals surface area contributed by atoms with Crippen LogP contribution in [0, 0.1) is 53.3 Å². The van der Waals surface area contributed by atoms with Crippen molar-refractivity contribution in [1.82, 2.24) is 0 Å². The molecular formula is C71H84O8. The molecule has 5 aromatic carbocycles. The molecule has 0 bridgehead atoms. The number of hydrogen-bond acceptors (Lipinski definition) is 8. The number of allylic oxidation sites excluding steroid dienone is 4. The lowest BCUT2D eigenvalue weighted by Crippen LogP contribution is -2.34. The largest absolute Gasteiger partial charge is 0.469 e. The van der Waals surface area contributed by atoms with Gasteiger partial charge in [0.2, 0.25) is 13.6 Å². The van der Waals surface area contributed by atoms with E-state index < -0.39 is 5.41 Å². The van der Waals surface area contributed by atoms with E-state index in [9.17, 15) is 14.4 Å². The van der Waals surface area contributed by atoms with Crippen molar-refractivity contribution in [2.45, 2.75) is 116 Å². The lowest BCUT2D eigenvalue weighted by molar-refractivity contribution is -0.157. The number of carbonyl (C=O) groups excluding carboxylic acids is 3. The molecule has 0 radical (unpaired) electrons. The van der Waals surface area contributed by atoms with Gasteiger partial charge in [-0.15, -0.1) is 13.2 Å². The number of ether oxygens (including phenoxy) is 5. The number of rotatable bonds is 28. The molecule has 2 aliphatic rings. The van der Waals surface area contributed by atoms with Gasteiger partial charge in [0.05, 0.1) is 24.9 Å². The summed E-state index contributed by atoms with van der Waals surface area (Å²) in [7, 11) is 1.44. The molecule has 2 saturated carbocycles. The summed E-state index contributed by atoms with van der Waals surface area (Å²) in [5, 5.41) is 0. The Hall–Kier alpha value is -7.11. The molecule has 0 spiro atoms. The second-order valence-electron chi connectivity index (χ2n) is 22.5. The topological polar surface area (TPSA) is 97.4 Å². The molecule has 7 rings (SSSR count). The van der Waals surface area contributed by atoms with Crippen LogP contribution in [0.1, 0.15) is 138 Å². The van der Waals surface area contributed by atoms with E-state index in [4.69, 9.17) is 23.7 Å². The predicted octanol–water partition coefficient (Wildman–Crippen LogP) is 16.3. The molecule has 0 saturated heterocycles. The fourth-order valence-corrected chi connectivity index (χ4v) is 12.3. The number of hydrogen-bond donors (Lipinski definition) is 0. The van der Waals surface area contributed by atoms with Crippen molar-refractivity contribution in [3.05, 3.63) is 216 Å². The Bertz CT molecular complexity index is 2810. The molecule has 0 amide bonds. The zero-order valence-corrected chi connectivity index (χ0v) is 47.6. The maximum atomic E-state index is 13.6. The van der Waals surface area contributed by atoms with Crippen LogP contribution >= 0.6 is 0 Å². The third kappa shape index (κ3) is 16.2. The monoisotopic (exact) mass is 1060 g/mol. The van der Waals surface area contributed by atoms with Crippen LogP contribution in [0.2, 0.25) is 0 Å². The molecule has 8 nitrogen and oxygen atoms in total. The second-order valence-corrected chi connectivity index (χ2v) is 22.5. The Morgan fingerprint density at radius 2 is 1.08 bits per heavy atom. The number of carbonyl (C=O) groups is 3. The molecule has 2 aliphatic carbocycles. The first-order chi connectivity index (χ1) is 38.4. The van der Waals surface area contributed by atoms with Crippen molar-refractivity contribution in [1.29, 1.82) is 0 Å². The zero-order valence-electron chi connectivity index (χ0n) is 47.6. The molecule has 8 heteroatoms. The van der Waals surface area contributed by atoms with Crippen LogP contribution in [0.3, 0.4) is 0 Å². The van der Waals surface area contributed by atoms with Crippen LogP contribution in [0.5, 0.6) is 11.5 Å². The third-order valence-electron chi connectivity index (χ3n) is 17.1. The molecular weight excluding hydrogens is 981 g/mol. The van der Waals surface area contributed by atoms with Crippen LogP contribution in [-0.4, -0.2) is 38.6 Å². The van der Waals surface area contributed by atoms with Crippen molar-refractivity contribution < 1.29 is 38.1 Å². The van der Waals surface area contributed by atoms with Gasteiger partial charge in [-0.3, -0.25) is 14.4 Å². The Morgan fingerprint density at radius 3 is 1.65 bits per heavy atom. The molecule has 79 heavy (non-hydrogen) atoms. The minimum atomic E-state index is -0.436. The highest BCUT2D eigenvalue weighted by Crippen LogP contribution is 2.46. The van der Waals surface area contributed by atoms with Crippen molar-refractivity contribution in [3.63, 3.8) is 0 Å². The van der Waals surface area contributed by atoms with Crippen LogP contribution in [0.25, 0.3) is 0 Å². The van der Waals surface area contributed by atoms with E-state index in [2.05, 4.69) is 149 Å². The van der Waals surface area contributed by atoms with E-state index in [0.717, 1.165) is 56.1 Å². The molecule has 0 aliphatic heterocycles. The lowest BCUT2D eigenvalue weighted by atomic mass is 9.64. The average Bonchev–Trinajstić information content (AvgIpc) is 4.17. The molecule has 416 valence electrons. The highest BCUT2D eigenvalue weighted by molar-refractivity contribution is 5.74. The van der Waals surface area contributed by atoms with Gasteiger partial charge in [0.1, 0.15) is 11.5 Å². The van der Waals surface area contributed by atoms with Crippen LogP contribution in [-0.2, 0) is 34.0 Å². The molecule has 12 atom stereocenters. The van der Waals surface area contributed by atoms with Gasteiger partial charge in [-0.25, -0.2) is 0 Å². The Labute approximate surface area is 471 Å². The minimum absolute atomic E-state index is 0.0458. The Kier molecular flexibility index (Phi) is 22.4. The minimum Gasteiger partial charge on any atom is -0.469 e. The highest BCUT2D eigenvalue weighted by Gasteiger charge is 2.40. The molecule has 5 aromatic rings. The summed E-state index contributed by atoms with van der Waals surface area (Å²) in [5.74, 6) is 1.03. The maximum absolute atomic E-state index is 13.6. The molecule has 0 heterocycles. The summed E-state index contributed by atoms with van der Waals surface area (Å²) in [5.41, 5.74) is 12.1. The maximum Gasteiger partial charge on any atom is 0.312 e. The van der Waals surface area contributed by atoms with E-state index in [1.807, 2.05) is 73.7 Å². The van der Waals surface area contributed by atoms with Gasteiger partial charge in [0, 0.05) is 11.3 Å². The van der Waals surface area contributed by atoms with Crippen molar-refractivity contribution in [2.24, 2.45) is 53.3 Å². The van der Waals surface area contributed by atoms with Gasteiger partial charge in [0.15, 0.2) is 0 Å². The summed E-state index contributed by atoms with van der Waals surface area (Å²) in [4.78, 5) is 39.9. The lowest BCUT2D eigenvalue weighted by Gasteiger charge is -2.39. The summed E-state index contributed by atoms with van der Waals surface area (Å²) in [6, 6.07) is 48.2. The smallest absolute Gasteiger partial charge is 0.312 e.